The number of rotatable bonds is 5. The fourth-order valence-electron chi connectivity index (χ4n) is 3.13. The van der Waals surface area contributed by atoms with Gasteiger partial charge < -0.3 is 5.48 Å². The molecule has 1 aliphatic carbocycles. The zero-order valence-electron chi connectivity index (χ0n) is 13.5. The molecule has 0 radical (unpaired) electrons. The van der Waals surface area contributed by atoms with Crippen molar-refractivity contribution in [2.45, 2.75) is 71.1 Å². The predicted molar refractivity (Wildman–Crippen MR) is 87.6 cm³/mol. The van der Waals surface area contributed by atoms with E-state index in [9.17, 15) is 0 Å². The summed E-state index contributed by atoms with van der Waals surface area (Å²) in [7, 11) is 0. The van der Waals surface area contributed by atoms with Crippen molar-refractivity contribution in [3.05, 3.63) is 42.0 Å². The molecule has 2 nitrogen and oxygen atoms in total. The molecule has 2 rings (SSSR count). The van der Waals surface area contributed by atoms with Crippen molar-refractivity contribution in [2.24, 2.45) is 5.92 Å². The zero-order valence-corrected chi connectivity index (χ0v) is 13.5. The average Bonchev–Trinajstić information content (AvgIpc) is 2.51. The molecule has 0 amide bonds. The second kappa shape index (κ2) is 11.6. The van der Waals surface area contributed by atoms with E-state index in [1.165, 1.54) is 56.9 Å². The summed E-state index contributed by atoms with van der Waals surface area (Å²) in [6.07, 6.45) is 10.9. The molecule has 0 aromatic heterocycles. The summed E-state index contributed by atoms with van der Waals surface area (Å²) in [5.74, 6) is 1.79. The number of hydrogen-bond acceptors (Lipinski definition) is 0. The van der Waals surface area contributed by atoms with Gasteiger partial charge in [-0.2, -0.15) is 0 Å². The van der Waals surface area contributed by atoms with Crippen LogP contribution in [0.2, 0.25) is 0 Å². The first-order valence-electron chi connectivity index (χ1n) is 8.09. The molecular formula is C19H30O2. The van der Waals surface area contributed by atoms with Crippen molar-refractivity contribution in [1.29, 1.82) is 0 Å². The van der Waals surface area contributed by atoms with Crippen LogP contribution in [-0.4, -0.2) is 5.48 Å². The second-order valence-electron chi connectivity index (χ2n) is 6.16. The molecule has 0 atom stereocenters. The molecule has 118 valence electrons. The summed E-state index contributed by atoms with van der Waals surface area (Å²) in [6.45, 7) is 9.17. The van der Waals surface area contributed by atoms with E-state index in [1.54, 1.807) is 5.56 Å². The standard InChI is InChI=1S/C18H28.CO.H2O/c1-3-4-5-6-16-9-13-18(14-10-16)17-11-7-15(2)8-12-17;1-2;/h9-10,13-15,17H,3-8,11-12H2,1-2H3;;1H2. The van der Waals surface area contributed by atoms with Crippen molar-refractivity contribution in [3.8, 4) is 0 Å². The van der Waals surface area contributed by atoms with Gasteiger partial charge in [0.15, 0.2) is 0 Å². The average molecular weight is 290 g/mol. The van der Waals surface area contributed by atoms with Gasteiger partial charge in [0.25, 0.3) is 0 Å². The molecule has 21 heavy (non-hydrogen) atoms. The van der Waals surface area contributed by atoms with E-state index in [0.717, 1.165) is 11.8 Å². The number of hydrogen-bond donors (Lipinski definition) is 0. The Balaban J connectivity index is 0.00000128. The van der Waals surface area contributed by atoms with Crippen LogP contribution in [0, 0.1) is 12.6 Å². The van der Waals surface area contributed by atoms with Crippen LogP contribution in [0.4, 0.5) is 0 Å². The quantitative estimate of drug-likeness (QED) is 0.423. The Hall–Kier alpha value is -1.08. The molecule has 0 spiro atoms. The molecule has 1 fully saturated rings. The molecule has 1 aliphatic rings. The SMILES string of the molecule is CCCCCc1ccc(C2CCC(C)CC2)cc1.O.[C-]#[O+]. The van der Waals surface area contributed by atoms with Gasteiger partial charge in [-0.1, -0.05) is 63.8 Å². The van der Waals surface area contributed by atoms with E-state index >= 15 is 0 Å². The summed E-state index contributed by atoms with van der Waals surface area (Å²) in [6, 6.07) is 9.51. The molecule has 0 saturated heterocycles. The fraction of sp³-hybridized carbons (Fsp3) is 0.632. The maximum atomic E-state index is 7.50. The van der Waals surface area contributed by atoms with Crippen LogP contribution in [0.25, 0.3) is 0 Å². The van der Waals surface area contributed by atoms with E-state index in [-0.39, 0.29) is 5.48 Å². The molecule has 0 heterocycles. The summed E-state index contributed by atoms with van der Waals surface area (Å²) >= 11 is 0. The second-order valence-corrected chi connectivity index (χ2v) is 6.16. The van der Waals surface area contributed by atoms with E-state index in [1.807, 2.05) is 0 Å². The van der Waals surface area contributed by atoms with Crippen LogP contribution in [0.15, 0.2) is 24.3 Å². The van der Waals surface area contributed by atoms with Crippen LogP contribution in [0.1, 0.15) is 75.8 Å². The molecule has 2 N–H and O–H groups in total. The van der Waals surface area contributed by atoms with Gasteiger partial charge in [-0.15, -0.1) is 0 Å². The molecule has 0 bridgehead atoms. The normalized spacial score (nSPS) is 20.8. The van der Waals surface area contributed by atoms with Crippen molar-refractivity contribution < 1.29 is 10.1 Å². The predicted octanol–water partition coefficient (Wildman–Crippen LogP) is 4.85. The summed E-state index contributed by atoms with van der Waals surface area (Å²) in [5.41, 5.74) is 3.11. The Bertz CT molecular complexity index is 372. The van der Waals surface area contributed by atoms with Gasteiger partial charge in [0.05, 0.1) is 0 Å². The molecule has 0 aliphatic heterocycles. The van der Waals surface area contributed by atoms with E-state index < -0.39 is 0 Å². The van der Waals surface area contributed by atoms with Gasteiger partial charge in [-0.05, 0) is 48.6 Å². The van der Waals surface area contributed by atoms with Gasteiger partial charge in [0, 0.05) is 0 Å². The topological polar surface area (TPSA) is 51.4 Å². The monoisotopic (exact) mass is 290 g/mol. The Morgan fingerprint density at radius 3 is 2.10 bits per heavy atom. The van der Waals surface area contributed by atoms with Crippen LogP contribution >= 0.6 is 0 Å². The molecular weight excluding hydrogens is 260 g/mol. The van der Waals surface area contributed by atoms with Gasteiger partial charge in [0.2, 0.25) is 0 Å². The van der Waals surface area contributed by atoms with E-state index in [0.29, 0.717) is 0 Å². The van der Waals surface area contributed by atoms with Crippen LogP contribution in [0.3, 0.4) is 0 Å². The zero-order chi connectivity index (χ0) is 14.8. The Labute approximate surface area is 130 Å². The Kier molecular flexibility index (Phi) is 11.0. The first kappa shape index (κ1) is 19.9. The molecule has 2 heteroatoms. The van der Waals surface area contributed by atoms with Crippen LogP contribution in [0.5, 0.6) is 0 Å². The van der Waals surface area contributed by atoms with Gasteiger partial charge in [0.1, 0.15) is 0 Å². The van der Waals surface area contributed by atoms with Crippen LogP contribution in [-0.2, 0) is 11.1 Å². The molecule has 1 saturated carbocycles. The third kappa shape index (κ3) is 6.95. The molecule has 0 unspecified atom stereocenters. The molecule has 1 aromatic rings. The third-order valence-electron chi connectivity index (χ3n) is 4.54. The number of benzene rings is 1. The number of aryl methyl sites for hydroxylation is 1. The van der Waals surface area contributed by atoms with Crippen LogP contribution < -0.4 is 0 Å². The first-order chi connectivity index (χ1) is 9.79. The van der Waals surface area contributed by atoms with Crippen molar-refractivity contribution in [2.75, 3.05) is 0 Å². The van der Waals surface area contributed by atoms with E-state index in [4.69, 9.17) is 4.65 Å². The van der Waals surface area contributed by atoms with Crippen molar-refractivity contribution >= 4 is 0 Å². The Morgan fingerprint density at radius 2 is 1.57 bits per heavy atom. The third-order valence-corrected chi connectivity index (χ3v) is 4.54. The number of unbranched alkanes of at least 4 members (excludes halogenated alkanes) is 2. The Morgan fingerprint density at radius 1 is 1.00 bits per heavy atom. The van der Waals surface area contributed by atoms with Gasteiger partial charge in [-0.25, -0.2) is 0 Å². The van der Waals surface area contributed by atoms with Gasteiger partial charge >= 0.3 is 11.3 Å². The van der Waals surface area contributed by atoms with Crippen molar-refractivity contribution in [3.63, 3.8) is 0 Å². The van der Waals surface area contributed by atoms with Gasteiger partial charge in [-0.3, -0.25) is 0 Å². The minimum atomic E-state index is 0. The summed E-state index contributed by atoms with van der Waals surface area (Å²) in [5, 5.41) is 0. The molecule has 1 aromatic carbocycles. The maximum absolute atomic E-state index is 7.50. The summed E-state index contributed by atoms with van der Waals surface area (Å²) in [4.78, 5) is 0. The minimum absolute atomic E-state index is 0. The van der Waals surface area contributed by atoms with Crippen molar-refractivity contribution in [1.82, 2.24) is 0 Å². The van der Waals surface area contributed by atoms with E-state index in [2.05, 4.69) is 44.8 Å². The fourth-order valence-corrected chi connectivity index (χ4v) is 3.13. The first-order valence-corrected chi connectivity index (χ1v) is 8.09. The summed E-state index contributed by atoms with van der Waals surface area (Å²) < 4.78 is 7.50.